The summed E-state index contributed by atoms with van der Waals surface area (Å²) in [6, 6.07) is 16.8. The molecule has 22 heavy (non-hydrogen) atoms. The van der Waals surface area contributed by atoms with Gasteiger partial charge in [-0.05, 0) is 43.7 Å². The van der Waals surface area contributed by atoms with Crippen LogP contribution in [-0.4, -0.2) is 25.3 Å². The molecule has 0 aliphatic rings. The molecule has 2 aromatic carbocycles. The Morgan fingerprint density at radius 3 is 2.27 bits per heavy atom. The number of oxime groups is 1. The van der Waals surface area contributed by atoms with Crippen LogP contribution in [0, 0.1) is 0 Å². The van der Waals surface area contributed by atoms with Gasteiger partial charge in [0.2, 0.25) is 0 Å². The van der Waals surface area contributed by atoms with Gasteiger partial charge < -0.3 is 9.74 Å². The van der Waals surface area contributed by atoms with Crippen molar-refractivity contribution in [3.8, 4) is 0 Å². The van der Waals surface area contributed by atoms with E-state index in [1.54, 1.807) is 24.3 Å². The van der Waals surface area contributed by atoms with E-state index in [1.165, 1.54) is 11.9 Å². The summed E-state index contributed by atoms with van der Waals surface area (Å²) >= 11 is 0. The molecule has 0 bridgehead atoms. The van der Waals surface area contributed by atoms with Gasteiger partial charge in [-0.25, -0.2) is 4.79 Å². The van der Waals surface area contributed by atoms with E-state index in [1.807, 2.05) is 30.3 Å². The minimum absolute atomic E-state index is 0.461. The minimum atomic E-state index is -0.461. The molecule has 0 heterocycles. The Morgan fingerprint density at radius 1 is 1.05 bits per heavy atom. The van der Waals surface area contributed by atoms with Crippen molar-refractivity contribution in [2.45, 2.75) is 13.8 Å². The first-order chi connectivity index (χ1) is 10.7. The van der Waals surface area contributed by atoms with Crippen molar-refractivity contribution in [3.05, 3.63) is 65.7 Å². The highest BCUT2D eigenvalue weighted by molar-refractivity contribution is 5.90. The molecule has 0 aromatic heterocycles. The van der Waals surface area contributed by atoms with Crippen molar-refractivity contribution in [3.63, 3.8) is 0 Å². The zero-order valence-electron chi connectivity index (χ0n) is 12.9. The highest BCUT2D eigenvalue weighted by Crippen LogP contribution is 2.14. The predicted molar refractivity (Wildman–Crippen MR) is 89.5 cm³/mol. The molecule has 4 heteroatoms. The molecule has 0 aliphatic heterocycles. The van der Waals surface area contributed by atoms with Gasteiger partial charge >= 0.3 is 5.97 Å². The van der Waals surface area contributed by atoms with Gasteiger partial charge in [0.15, 0.2) is 0 Å². The lowest BCUT2D eigenvalue weighted by Gasteiger charge is -2.20. The second kappa shape index (κ2) is 7.98. The van der Waals surface area contributed by atoms with Crippen LogP contribution in [0.1, 0.15) is 29.8 Å². The van der Waals surface area contributed by atoms with Crippen molar-refractivity contribution in [1.29, 1.82) is 0 Å². The van der Waals surface area contributed by atoms with E-state index in [0.29, 0.717) is 5.56 Å². The lowest BCUT2D eigenvalue weighted by Crippen LogP contribution is -2.21. The molecule has 2 rings (SSSR count). The lowest BCUT2D eigenvalue weighted by molar-refractivity contribution is 0.0519. The average Bonchev–Trinajstić information content (AvgIpc) is 2.58. The molecule has 0 atom stereocenters. The SMILES string of the molecule is CCN(CC)c1ccc(C=NOC(=O)c2ccccc2)cc1. The number of benzene rings is 2. The minimum Gasteiger partial charge on any atom is -0.372 e. The first kappa shape index (κ1) is 15.8. The number of nitrogens with zero attached hydrogens (tertiary/aromatic N) is 2. The summed E-state index contributed by atoms with van der Waals surface area (Å²) in [4.78, 5) is 18.8. The van der Waals surface area contributed by atoms with Crippen LogP contribution in [-0.2, 0) is 4.84 Å². The fourth-order valence-electron chi connectivity index (χ4n) is 2.12. The Kier molecular flexibility index (Phi) is 5.72. The molecule has 0 radical (unpaired) electrons. The summed E-state index contributed by atoms with van der Waals surface area (Å²) < 4.78 is 0. The van der Waals surface area contributed by atoms with Gasteiger partial charge in [0.05, 0.1) is 11.8 Å². The van der Waals surface area contributed by atoms with E-state index < -0.39 is 5.97 Å². The van der Waals surface area contributed by atoms with Crippen molar-refractivity contribution in [2.24, 2.45) is 5.16 Å². The molecule has 0 saturated carbocycles. The predicted octanol–water partition coefficient (Wildman–Crippen LogP) is 3.72. The zero-order chi connectivity index (χ0) is 15.8. The first-order valence-electron chi connectivity index (χ1n) is 7.39. The maximum atomic E-state index is 11.7. The van der Waals surface area contributed by atoms with E-state index >= 15 is 0 Å². The van der Waals surface area contributed by atoms with Crippen LogP contribution in [0.2, 0.25) is 0 Å². The molecule has 0 amide bonds. The molecule has 0 unspecified atom stereocenters. The van der Waals surface area contributed by atoms with E-state index in [0.717, 1.165) is 18.7 Å². The Morgan fingerprint density at radius 2 is 1.68 bits per heavy atom. The summed E-state index contributed by atoms with van der Waals surface area (Å²) in [7, 11) is 0. The van der Waals surface area contributed by atoms with Crippen LogP contribution in [0.25, 0.3) is 0 Å². The molecule has 0 spiro atoms. The van der Waals surface area contributed by atoms with Gasteiger partial charge in [-0.1, -0.05) is 35.5 Å². The summed E-state index contributed by atoms with van der Waals surface area (Å²) in [5.74, 6) is -0.461. The normalized spacial score (nSPS) is 10.6. The molecule has 0 N–H and O–H groups in total. The quantitative estimate of drug-likeness (QED) is 0.463. The van der Waals surface area contributed by atoms with Gasteiger partial charge in [0.1, 0.15) is 0 Å². The number of carbonyl (C=O) groups excluding carboxylic acids is 1. The van der Waals surface area contributed by atoms with Crippen LogP contribution in [0.3, 0.4) is 0 Å². The van der Waals surface area contributed by atoms with E-state index in [4.69, 9.17) is 4.84 Å². The van der Waals surface area contributed by atoms with Crippen molar-refractivity contribution in [1.82, 2.24) is 0 Å². The second-order valence-corrected chi connectivity index (χ2v) is 4.74. The summed E-state index contributed by atoms with van der Waals surface area (Å²) in [5, 5.41) is 3.74. The summed E-state index contributed by atoms with van der Waals surface area (Å²) in [6.07, 6.45) is 1.53. The molecular formula is C18H20N2O2. The maximum Gasteiger partial charge on any atom is 0.365 e. The monoisotopic (exact) mass is 296 g/mol. The highest BCUT2D eigenvalue weighted by atomic mass is 16.7. The Hall–Kier alpha value is -2.62. The highest BCUT2D eigenvalue weighted by Gasteiger charge is 2.05. The number of hydrogen-bond donors (Lipinski definition) is 0. The Bertz CT molecular complexity index is 617. The molecule has 114 valence electrons. The largest absolute Gasteiger partial charge is 0.372 e. The number of hydrogen-bond acceptors (Lipinski definition) is 4. The molecule has 2 aromatic rings. The van der Waals surface area contributed by atoms with Crippen LogP contribution >= 0.6 is 0 Å². The Labute approximate surface area is 131 Å². The fourth-order valence-corrected chi connectivity index (χ4v) is 2.12. The van der Waals surface area contributed by atoms with E-state index in [9.17, 15) is 4.79 Å². The zero-order valence-corrected chi connectivity index (χ0v) is 12.9. The average molecular weight is 296 g/mol. The molecule has 4 nitrogen and oxygen atoms in total. The third-order valence-electron chi connectivity index (χ3n) is 3.37. The molecule has 0 saturated heterocycles. The van der Waals surface area contributed by atoms with Crippen LogP contribution < -0.4 is 4.90 Å². The van der Waals surface area contributed by atoms with Gasteiger partial charge in [-0.15, -0.1) is 0 Å². The smallest absolute Gasteiger partial charge is 0.365 e. The topological polar surface area (TPSA) is 41.9 Å². The lowest BCUT2D eigenvalue weighted by atomic mass is 10.2. The standard InChI is InChI=1S/C18H20N2O2/c1-3-20(4-2)17-12-10-15(11-13-17)14-19-22-18(21)16-8-6-5-7-9-16/h5-14H,3-4H2,1-2H3. The van der Waals surface area contributed by atoms with E-state index in [-0.39, 0.29) is 0 Å². The molecule has 0 fully saturated rings. The fraction of sp³-hybridized carbons (Fsp3) is 0.222. The third kappa shape index (κ3) is 4.19. The van der Waals surface area contributed by atoms with Gasteiger partial charge in [-0.3, -0.25) is 0 Å². The van der Waals surface area contributed by atoms with Crippen LogP contribution in [0.4, 0.5) is 5.69 Å². The van der Waals surface area contributed by atoms with Crippen molar-refractivity contribution >= 4 is 17.9 Å². The van der Waals surface area contributed by atoms with Gasteiger partial charge in [0.25, 0.3) is 0 Å². The number of carbonyl (C=O) groups is 1. The van der Waals surface area contributed by atoms with Crippen LogP contribution in [0.15, 0.2) is 59.8 Å². The maximum absolute atomic E-state index is 11.7. The number of rotatable bonds is 6. The van der Waals surface area contributed by atoms with Gasteiger partial charge in [0, 0.05) is 18.8 Å². The summed E-state index contributed by atoms with van der Waals surface area (Å²) in [5.41, 5.74) is 2.54. The summed E-state index contributed by atoms with van der Waals surface area (Å²) in [6.45, 7) is 6.20. The number of anilines is 1. The second-order valence-electron chi connectivity index (χ2n) is 4.74. The third-order valence-corrected chi connectivity index (χ3v) is 3.37. The van der Waals surface area contributed by atoms with E-state index in [2.05, 4.69) is 23.9 Å². The van der Waals surface area contributed by atoms with Gasteiger partial charge in [-0.2, -0.15) is 0 Å². The van der Waals surface area contributed by atoms with Crippen LogP contribution in [0.5, 0.6) is 0 Å². The molecule has 0 aliphatic carbocycles. The first-order valence-corrected chi connectivity index (χ1v) is 7.39. The molecular weight excluding hydrogens is 276 g/mol. The van der Waals surface area contributed by atoms with Crippen molar-refractivity contribution < 1.29 is 9.63 Å². The van der Waals surface area contributed by atoms with Crippen molar-refractivity contribution in [2.75, 3.05) is 18.0 Å². The Balaban J connectivity index is 1.95.